The number of ether oxygens (including phenoxy) is 1. The van der Waals surface area contributed by atoms with Crippen LogP contribution in [0.5, 0.6) is 5.75 Å². The highest BCUT2D eigenvalue weighted by atomic mass is 19.4. The lowest BCUT2D eigenvalue weighted by Crippen LogP contribution is -2.12. The third kappa shape index (κ3) is 2.01. The van der Waals surface area contributed by atoms with Crippen LogP contribution < -0.4 is 4.74 Å². The van der Waals surface area contributed by atoms with E-state index in [9.17, 15) is 13.2 Å². The van der Waals surface area contributed by atoms with E-state index in [1.807, 2.05) is 0 Å². The Hall–Kier alpha value is -2.11. The molecule has 0 aliphatic heterocycles. The minimum atomic E-state index is -4.59. The first-order chi connectivity index (χ1) is 8.47. The van der Waals surface area contributed by atoms with Crippen molar-refractivity contribution in [3.63, 3.8) is 0 Å². The van der Waals surface area contributed by atoms with Crippen LogP contribution in [0.2, 0.25) is 0 Å². The zero-order chi connectivity index (χ0) is 13.3. The number of methoxy groups -OCH3 is 1. The molecular formula is C12H9F3N2O. The van der Waals surface area contributed by atoms with E-state index in [2.05, 4.69) is 16.5 Å². The lowest BCUT2D eigenvalue weighted by Gasteiger charge is -2.10. The Kier molecular flexibility index (Phi) is 2.94. The Morgan fingerprint density at radius 2 is 2.00 bits per heavy atom. The highest BCUT2D eigenvalue weighted by Gasteiger charge is 2.35. The molecule has 0 amide bonds. The van der Waals surface area contributed by atoms with Gasteiger partial charge in [-0.05, 0) is 18.2 Å². The highest BCUT2D eigenvalue weighted by molar-refractivity contribution is 5.91. The van der Waals surface area contributed by atoms with Gasteiger partial charge in [0.1, 0.15) is 5.75 Å². The van der Waals surface area contributed by atoms with Crippen molar-refractivity contribution < 1.29 is 17.9 Å². The lowest BCUT2D eigenvalue weighted by atomic mass is 10.1. The number of alkyl halides is 3. The summed E-state index contributed by atoms with van der Waals surface area (Å²) in [6.07, 6.45) is -3.34. The number of benzene rings is 1. The van der Waals surface area contributed by atoms with Gasteiger partial charge >= 0.3 is 6.18 Å². The normalized spacial score (nSPS) is 11.6. The maximum absolute atomic E-state index is 12.6. The van der Waals surface area contributed by atoms with Gasteiger partial charge in [-0.25, -0.2) is 9.97 Å². The first kappa shape index (κ1) is 12.3. The fraction of sp³-hybridized carbons (Fsp3) is 0.167. The van der Waals surface area contributed by atoms with Gasteiger partial charge < -0.3 is 4.74 Å². The van der Waals surface area contributed by atoms with Crippen molar-refractivity contribution >= 4 is 17.0 Å². The first-order valence-electron chi connectivity index (χ1n) is 5.01. The molecule has 1 aromatic carbocycles. The summed E-state index contributed by atoms with van der Waals surface area (Å²) in [7, 11) is 1.43. The lowest BCUT2D eigenvalue weighted by molar-refractivity contribution is -0.144. The molecule has 0 spiro atoms. The Bertz CT molecular complexity index is 608. The van der Waals surface area contributed by atoms with E-state index in [0.717, 1.165) is 0 Å². The van der Waals surface area contributed by atoms with E-state index in [-0.39, 0.29) is 11.2 Å². The molecule has 3 nitrogen and oxygen atoms in total. The summed E-state index contributed by atoms with van der Waals surface area (Å²) in [5, 5.41) is 0.419. The van der Waals surface area contributed by atoms with Gasteiger partial charge in [-0.15, -0.1) is 0 Å². The summed E-state index contributed by atoms with van der Waals surface area (Å²) in [4.78, 5) is 6.96. The maximum Gasteiger partial charge on any atom is 0.451 e. The summed E-state index contributed by atoms with van der Waals surface area (Å²) in [6.45, 7) is 3.47. The van der Waals surface area contributed by atoms with E-state index in [0.29, 0.717) is 11.1 Å². The van der Waals surface area contributed by atoms with Crippen molar-refractivity contribution in [2.24, 2.45) is 0 Å². The molecule has 0 atom stereocenters. The summed E-state index contributed by atoms with van der Waals surface area (Å²) in [5.74, 6) is -0.769. The van der Waals surface area contributed by atoms with E-state index < -0.39 is 12.0 Å². The Labute approximate surface area is 101 Å². The zero-order valence-electron chi connectivity index (χ0n) is 9.45. The number of hydrogen-bond acceptors (Lipinski definition) is 3. The molecule has 2 rings (SSSR count). The van der Waals surface area contributed by atoms with Crippen molar-refractivity contribution in [3.05, 3.63) is 36.3 Å². The van der Waals surface area contributed by atoms with E-state index >= 15 is 0 Å². The summed E-state index contributed by atoms with van der Waals surface area (Å²) in [6, 6.07) is 4.68. The average Bonchev–Trinajstić information content (AvgIpc) is 2.35. The second-order valence-electron chi connectivity index (χ2n) is 3.49. The Morgan fingerprint density at radius 1 is 1.28 bits per heavy atom. The fourth-order valence-corrected chi connectivity index (χ4v) is 1.62. The van der Waals surface area contributed by atoms with E-state index in [1.54, 1.807) is 12.1 Å². The second kappa shape index (κ2) is 4.29. The monoisotopic (exact) mass is 254 g/mol. The predicted molar refractivity (Wildman–Crippen MR) is 61.2 cm³/mol. The van der Waals surface area contributed by atoms with Crippen LogP contribution in [-0.2, 0) is 6.18 Å². The molecule has 1 aromatic heterocycles. The topological polar surface area (TPSA) is 35.0 Å². The number of fused-ring (bicyclic) bond motifs is 1. The molecule has 94 valence electrons. The van der Waals surface area contributed by atoms with Gasteiger partial charge in [0.15, 0.2) is 0 Å². The van der Waals surface area contributed by atoms with Gasteiger partial charge in [0.2, 0.25) is 5.82 Å². The van der Waals surface area contributed by atoms with Crippen LogP contribution in [-0.4, -0.2) is 17.1 Å². The molecule has 0 N–H and O–H groups in total. The maximum atomic E-state index is 12.6. The zero-order valence-corrected chi connectivity index (χ0v) is 9.45. The second-order valence-corrected chi connectivity index (χ2v) is 3.49. The Morgan fingerprint density at radius 3 is 2.56 bits per heavy atom. The largest absolute Gasteiger partial charge is 0.496 e. The summed E-state index contributed by atoms with van der Waals surface area (Å²) >= 11 is 0. The molecule has 0 aliphatic carbocycles. The van der Waals surface area contributed by atoms with Gasteiger partial charge in [0.25, 0.3) is 0 Å². The van der Waals surface area contributed by atoms with Crippen LogP contribution in [0.15, 0.2) is 24.8 Å². The first-order valence-corrected chi connectivity index (χ1v) is 5.01. The quantitative estimate of drug-likeness (QED) is 0.824. The van der Waals surface area contributed by atoms with Gasteiger partial charge in [-0.1, -0.05) is 12.6 Å². The predicted octanol–water partition coefficient (Wildman–Crippen LogP) is 3.30. The third-order valence-corrected chi connectivity index (χ3v) is 2.38. The molecule has 2 aromatic rings. The molecule has 1 heterocycles. The molecule has 0 aliphatic rings. The van der Waals surface area contributed by atoms with Crippen LogP contribution in [0.4, 0.5) is 13.2 Å². The number of aromatic nitrogens is 2. The van der Waals surface area contributed by atoms with Crippen molar-refractivity contribution in [2.75, 3.05) is 7.11 Å². The highest BCUT2D eigenvalue weighted by Crippen LogP contribution is 2.32. The summed E-state index contributed by atoms with van der Waals surface area (Å²) in [5.41, 5.74) is 0.274. The summed E-state index contributed by atoms with van der Waals surface area (Å²) < 4.78 is 43.0. The number of nitrogens with zero attached hydrogens (tertiary/aromatic N) is 2. The van der Waals surface area contributed by atoms with Gasteiger partial charge in [0, 0.05) is 0 Å². The van der Waals surface area contributed by atoms with E-state index in [4.69, 9.17) is 4.74 Å². The van der Waals surface area contributed by atoms with Crippen LogP contribution >= 0.6 is 0 Å². The smallest absolute Gasteiger partial charge is 0.451 e. The van der Waals surface area contributed by atoms with Crippen LogP contribution in [0.1, 0.15) is 11.5 Å². The van der Waals surface area contributed by atoms with Gasteiger partial charge in [-0.2, -0.15) is 13.2 Å². The molecule has 0 bridgehead atoms. The van der Waals surface area contributed by atoms with Gasteiger partial charge in [0.05, 0.1) is 23.7 Å². The third-order valence-electron chi connectivity index (χ3n) is 2.38. The SMILES string of the molecule is C=Cc1nc(C(F)(F)F)nc2cccc(OC)c12. The van der Waals surface area contributed by atoms with Crippen molar-refractivity contribution in [2.45, 2.75) is 6.18 Å². The molecule has 0 unspecified atom stereocenters. The van der Waals surface area contributed by atoms with Crippen molar-refractivity contribution in [1.29, 1.82) is 0 Å². The molecule has 18 heavy (non-hydrogen) atoms. The number of hydrogen-bond donors (Lipinski definition) is 0. The minimum absolute atomic E-state index is 0.102. The average molecular weight is 254 g/mol. The van der Waals surface area contributed by atoms with Crippen molar-refractivity contribution in [1.82, 2.24) is 9.97 Å². The molecule has 0 fully saturated rings. The molecule has 0 saturated heterocycles. The van der Waals surface area contributed by atoms with Crippen LogP contribution in [0, 0.1) is 0 Å². The van der Waals surface area contributed by atoms with Crippen LogP contribution in [0.3, 0.4) is 0 Å². The molecule has 0 saturated carbocycles. The number of halogens is 3. The fourth-order valence-electron chi connectivity index (χ4n) is 1.62. The standard InChI is InChI=1S/C12H9F3N2O/c1-3-7-10-8(5-4-6-9(10)18-2)17-11(16-7)12(13,14)15/h3-6H,1H2,2H3. The number of rotatable bonds is 2. The molecular weight excluding hydrogens is 245 g/mol. The Balaban J connectivity index is 2.83. The molecule has 6 heteroatoms. The van der Waals surface area contributed by atoms with Crippen LogP contribution in [0.25, 0.3) is 17.0 Å². The van der Waals surface area contributed by atoms with Gasteiger partial charge in [-0.3, -0.25) is 0 Å². The van der Waals surface area contributed by atoms with Crippen molar-refractivity contribution in [3.8, 4) is 5.75 Å². The minimum Gasteiger partial charge on any atom is -0.496 e. The molecule has 0 radical (unpaired) electrons. The van der Waals surface area contributed by atoms with E-state index in [1.165, 1.54) is 19.3 Å².